The number of nitrogens with one attached hydrogen (secondary N) is 1. The molecular weight excluding hydrogens is 228 g/mol. The minimum absolute atomic E-state index is 0. The molecule has 2 atom stereocenters. The zero-order valence-electron chi connectivity index (χ0n) is 9.80. The van der Waals surface area contributed by atoms with E-state index < -0.39 is 6.04 Å². The van der Waals surface area contributed by atoms with Gasteiger partial charge in [-0.1, -0.05) is 20.3 Å². The fourth-order valence-corrected chi connectivity index (χ4v) is 1.20. The van der Waals surface area contributed by atoms with Gasteiger partial charge >= 0.3 is 0 Å². The van der Waals surface area contributed by atoms with Gasteiger partial charge in [-0.2, -0.15) is 5.10 Å². The minimum atomic E-state index is -0.475. The lowest BCUT2D eigenvalue weighted by Gasteiger charge is -2.16. The van der Waals surface area contributed by atoms with Crippen LogP contribution in [0.3, 0.4) is 0 Å². The third kappa shape index (κ3) is 3.83. The molecule has 0 fully saturated rings. The molecule has 0 saturated heterocycles. The monoisotopic (exact) mass is 246 g/mol. The van der Waals surface area contributed by atoms with Crippen LogP contribution in [0.25, 0.3) is 0 Å². The van der Waals surface area contributed by atoms with E-state index in [-0.39, 0.29) is 24.2 Å². The van der Waals surface area contributed by atoms with Gasteiger partial charge in [-0.25, -0.2) is 0 Å². The topological polar surface area (TPSA) is 72.9 Å². The first kappa shape index (κ1) is 14.9. The molecule has 5 nitrogen and oxygen atoms in total. The largest absolute Gasteiger partial charge is 0.320 e. The van der Waals surface area contributed by atoms with Gasteiger partial charge in [-0.15, -0.1) is 12.4 Å². The number of aromatic nitrogens is 2. The van der Waals surface area contributed by atoms with E-state index in [0.717, 1.165) is 6.42 Å². The normalized spacial score (nSPS) is 13.8. The molecule has 0 aliphatic carbocycles. The quantitative estimate of drug-likeness (QED) is 0.837. The number of carbonyl (C=O) groups is 1. The third-order valence-corrected chi connectivity index (χ3v) is 2.52. The summed E-state index contributed by atoms with van der Waals surface area (Å²) in [5.74, 6) is 0.540. The highest BCUT2D eigenvalue weighted by Crippen LogP contribution is 2.08. The van der Waals surface area contributed by atoms with Crippen LogP contribution in [0, 0.1) is 5.92 Å². The molecule has 0 saturated carbocycles. The maximum absolute atomic E-state index is 11.6. The van der Waals surface area contributed by atoms with Gasteiger partial charge in [0.15, 0.2) is 5.82 Å². The second kappa shape index (κ2) is 6.50. The van der Waals surface area contributed by atoms with Crippen molar-refractivity contribution in [1.29, 1.82) is 0 Å². The van der Waals surface area contributed by atoms with E-state index in [1.165, 1.54) is 0 Å². The summed E-state index contributed by atoms with van der Waals surface area (Å²) in [5, 5.41) is 6.73. The smallest absolute Gasteiger partial charge is 0.242 e. The van der Waals surface area contributed by atoms with Crippen molar-refractivity contribution in [2.75, 3.05) is 5.32 Å². The van der Waals surface area contributed by atoms with E-state index in [2.05, 4.69) is 10.4 Å². The van der Waals surface area contributed by atoms with Gasteiger partial charge in [0.1, 0.15) is 0 Å². The highest BCUT2D eigenvalue weighted by molar-refractivity contribution is 5.93. The second-order valence-corrected chi connectivity index (χ2v) is 3.78. The Balaban J connectivity index is 0.00000225. The molecule has 1 rings (SSSR count). The minimum Gasteiger partial charge on any atom is -0.320 e. The van der Waals surface area contributed by atoms with Crippen LogP contribution in [0.5, 0.6) is 0 Å². The number of rotatable bonds is 4. The molecule has 0 aliphatic heterocycles. The van der Waals surface area contributed by atoms with Crippen LogP contribution < -0.4 is 11.1 Å². The molecule has 1 aromatic rings. The van der Waals surface area contributed by atoms with Crippen molar-refractivity contribution < 1.29 is 4.79 Å². The van der Waals surface area contributed by atoms with Crippen molar-refractivity contribution in [1.82, 2.24) is 9.78 Å². The number of nitrogens with zero attached hydrogens (tertiary/aromatic N) is 2. The van der Waals surface area contributed by atoms with Gasteiger partial charge < -0.3 is 11.1 Å². The van der Waals surface area contributed by atoms with Crippen LogP contribution in [-0.2, 0) is 11.8 Å². The first-order valence-corrected chi connectivity index (χ1v) is 5.10. The van der Waals surface area contributed by atoms with Gasteiger partial charge in [-0.05, 0) is 5.92 Å². The molecule has 16 heavy (non-hydrogen) atoms. The average molecular weight is 247 g/mol. The summed E-state index contributed by atoms with van der Waals surface area (Å²) >= 11 is 0. The number of aryl methyl sites for hydroxylation is 1. The molecule has 1 aromatic heterocycles. The second-order valence-electron chi connectivity index (χ2n) is 3.78. The number of anilines is 1. The zero-order valence-corrected chi connectivity index (χ0v) is 10.6. The highest BCUT2D eigenvalue weighted by atomic mass is 35.5. The lowest BCUT2D eigenvalue weighted by atomic mass is 9.99. The van der Waals surface area contributed by atoms with Gasteiger partial charge in [-0.3, -0.25) is 9.48 Å². The van der Waals surface area contributed by atoms with E-state index in [1.807, 2.05) is 13.8 Å². The number of carbonyl (C=O) groups excluding carboxylic acids is 1. The van der Waals surface area contributed by atoms with E-state index in [1.54, 1.807) is 24.0 Å². The molecule has 2 unspecified atom stereocenters. The molecule has 1 heterocycles. The van der Waals surface area contributed by atoms with Crippen LogP contribution >= 0.6 is 12.4 Å². The molecule has 92 valence electrons. The molecule has 0 aromatic carbocycles. The fourth-order valence-electron chi connectivity index (χ4n) is 1.20. The Hall–Kier alpha value is -1.07. The summed E-state index contributed by atoms with van der Waals surface area (Å²) < 4.78 is 1.63. The van der Waals surface area contributed by atoms with Crippen molar-refractivity contribution in [3.05, 3.63) is 12.3 Å². The van der Waals surface area contributed by atoms with Gasteiger partial charge in [0, 0.05) is 19.3 Å². The Labute approximate surface area is 102 Å². The van der Waals surface area contributed by atoms with Gasteiger partial charge in [0.2, 0.25) is 5.91 Å². The van der Waals surface area contributed by atoms with Crippen molar-refractivity contribution in [3.8, 4) is 0 Å². The van der Waals surface area contributed by atoms with Crippen molar-refractivity contribution in [2.45, 2.75) is 26.3 Å². The van der Waals surface area contributed by atoms with E-state index in [0.29, 0.717) is 5.82 Å². The summed E-state index contributed by atoms with van der Waals surface area (Å²) in [6.07, 6.45) is 2.65. The lowest BCUT2D eigenvalue weighted by Crippen LogP contribution is -2.40. The molecule has 1 amide bonds. The van der Waals surface area contributed by atoms with E-state index >= 15 is 0 Å². The maximum Gasteiger partial charge on any atom is 0.242 e. The summed E-state index contributed by atoms with van der Waals surface area (Å²) in [7, 11) is 1.80. The highest BCUT2D eigenvalue weighted by Gasteiger charge is 2.19. The molecule has 0 spiro atoms. The number of nitrogens with two attached hydrogens (primary N) is 1. The van der Waals surface area contributed by atoms with Crippen LogP contribution in [-0.4, -0.2) is 21.7 Å². The van der Waals surface area contributed by atoms with Crippen molar-refractivity contribution in [3.63, 3.8) is 0 Å². The molecule has 6 heteroatoms. The zero-order chi connectivity index (χ0) is 11.4. The summed E-state index contributed by atoms with van der Waals surface area (Å²) in [6.45, 7) is 3.97. The standard InChI is InChI=1S/C10H18N4O.ClH/c1-4-7(2)9(11)10(15)12-8-5-6-14(3)13-8;/h5-7,9H,4,11H2,1-3H3,(H,12,13,15);1H. The third-order valence-electron chi connectivity index (χ3n) is 2.52. The van der Waals surface area contributed by atoms with Crippen molar-refractivity contribution >= 4 is 24.1 Å². The van der Waals surface area contributed by atoms with Crippen LogP contribution in [0.1, 0.15) is 20.3 Å². The maximum atomic E-state index is 11.6. The van der Waals surface area contributed by atoms with Crippen LogP contribution in [0.15, 0.2) is 12.3 Å². The number of hydrogen-bond donors (Lipinski definition) is 2. The Kier molecular flexibility index (Phi) is 6.06. The van der Waals surface area contributed by atoms with Gasteiger partial charge in [0.05, 0.1) is 6.04 Å². The Morgan fingerprint density at radius 1 is 1.69 bits per heavy atom. The Bertz CT molecular complexity index is 339. The van der Waals surface area contributed by atoms with E-state index in [9.17, 15) is 4.79 Å². The Morgan fingerprint density at radius 2 is 2.31 bits per heavy atom. The predicted molar refractivity (Wildman–Crippen MR) is 66.5 cm³/mol. The Morgan fingerprint density at radius 3 is 2.75 bits per heavy atom. The number of halogens is 1. The molecule has 0 bridgehead atoms. The van der Waals surface area contributed by atoms with E-state index in [4.69, 9.17) is 5.73 Å². The first-order valence-electron chi connectivity index (χ1n) is 5.10. The molecule has 0 radical (unpaired) electrons. The molecular formula is C10H19ClN4O. The lowest BCUT2D eigenvalue weighted by molar-refractivity contribution is -0.118. The number of hydrogen-bond acceptors (Lipinski definition) is 3. The molecule has 0 aliphatic rings. The summed E-state index contributed by atoms with van der Waals surface area (Å²) in [6, 6.07) is 1.26. The van der Waals surface area contributed by atoms with Crippen LogP contribution in [0.2, 0.25) is 0 Å². The summed E-state index contributed by atoms with van der Waals surface area (Å²) in [4.78, 5) is 11.6. The number of amides is 1. The predicted octanol–water partition coefficient (Wildman–Crippen LogP) is 1.15. The van der Waals surface area contributed by atoms with Crippen LogP contribution in [0.4, 0.5) is 5.82 Å². The van der Waals surface area contributed by atoms with Crippen molar-refractivity contribution in [2.24, 2.45) is 18.7 Å². The summed E-state index contributed by atoms with van der Waals surface area (Å²) in [5.41, 5.74) is 5.78. The molecule has 3 N–H and O–H groups in total. The average Bonchev–Trinajstić information content (AvgIpc) is 2.61. The fraction of sp³-hybridized carbons (Fsp3) is 0.600. The SMILES string of the molecule is CCC(C)C(N)C(=O)Nc1ccn(C)n1.Cl. The first-order chi connectivity index (χ1) is 7.04. The van der Waals surface area contributed by atoms with Gasteiger partial charge in [0.25, 0.3) is 0 Å².